The molecule has 0 aromatic heterocycles. The number of benzene rings is 2. The minimum Gasteiger partial charge on any atom is -0.368 e. The van der Waals surface area contributed by atoms with Crippen LogP contribution in [0.25, 0.3) is 0 Å². The summed E-state index contributed by atoms with van der Waals surface area (Å²) in [6.45, 7) is 6.32. The van der Waals surface area contributed by atoms with Gasteiger partial charge in [-0.3, -0.25) is 10.1 Å². The number of rotatable bonds is 7. The smallest absolute Gasteiger partial charge is 0.293 e. The Bertz CT molecular complexity index is 1000. The van der Waals surface area contributed by atoms with Gasteiger partial charge in [0.2, 0.25) is 10.0 Å². The van der Waals surface area contributed by atoms with Crippen LogP contribution in [0, 0.1) is 15.9 Å². The second-order valence-corrected chi connectivity index (χ2v) is 8.89. The second-order valence-electron chi connectivity index (χ2n) is 6.95. The van der Waals surface area contributed by atoms with E-state index in [0.717, 1.165) is 11.8 Å². The van der Waals surface area contributed by atoms with Gasteiger partial charge in [0, 0.05) is 51.0 Å². The molecule has 1 aliphatic rings. The molecule has 0 N–H and O–H groups in total. The zero-order valence-electron chi connectivity index (χ0n) is 17.0. The highest BCUT2D eigenvalue weighted by Crippen LogP contribution is 2.33. The standard InChI is InChI=1S/C20H25FN4O4S/c1-3-24(4-2)30(28,29)18-9-10-19(20(15-18)25(26)27)23-13-11-22(12-14-23)17-7-5-16(21)6-8-17/h5-10,15H,3-4,11-14H2,1-2H3. The van der Waals surface area contributed by atoms with Crippen molar-refractivity contribution in [3.63, 3.8) is 0 Å². The summed E-state index contributed by atoms with van der Waals surface area (Å²) in [5.41, 5.74) is 1.07. The average Bonchev–Trinajstić information content (AvgIpc) is 2.74. The van der Waals surface area contributed by atoms with Crippen molar-refractivity contribution >= 4 is 27.1 Å². The van der Waals surface area contributed by atoms with E-state index in [9.17, 15) is 22.9 Å². The van der Waals surface area contributed by atoms with Crippen molar-refractivity contribution in [2.24, 2.45) is 0 Å². The molecule has 162 valence electrons. The fraction of sp³-hybridized carbons (Fsp3) is 0.400. The number of hydrogen-bond acceptors (Lipinski definition) is 6. The van der Waals surface area contributed by atoms with Crippen LogP contribution in [0.4, 0.5) is 21.5 Å². The maximum Gasteiger partial charge on any atom is 0.293 e. The van der Waals surface area contributed by atoms with Crippen LogP contribution in [0.3, 0.4) is 0 Å². The molecule has 0 bridgehead atoms. The van der Waals surface area contributed by atoms with Gasteiger partial charge in [-0.1, -0.05) is 13.8 Å². The number of sulfonamides is 1. The lowest BCUT2D eigenvalue weighted by Crippen LogP contribution is -2.46. The van der Waals surface area contributed by atoms with Crippen LogP contribution < -0.4 is 9.80 Å². The summed E-state index contributed by atoms with van der Waals surface area (Å²) >= 11 is 0. The third kappa shape index (κ3) is 4.39. The molecule has 0 unspecified atom stereocenters. The molecule has 30 heavy (non-hydrogen) atoms. The summed E-state index contributed by atoms with van der Waals surface area (Å²) in [7, 11) is -3.78. The molecular weight excluding hydrogens is 411 g/mol. The zero-order chi connectivity index (χ0) is 21.9. The van der Waals surface area contributed by atoms with E-state index in [4.69, 9.17) is 0 Å². The molecule has 8 nitrogen and oxygen atoms in total. The summed E-state index contributed by atoms with van der Waals surface area (Å²) in [4.78, 5) is 15.0. The molecule has 1 heterocycles. The van der Waals surface area contributed by atoms with Gasteiger partial charge in [-0.2, -0.15) is 4.31 Å². The lowest BCUT2D eigenvalue weighted by atomic mass is 10.2. The normalized spacial score (nSPS) is 14.9. The molecule has 1 aliphatic heterocycles. The predicted molar refractivity (Wildman–Crippen MR) is 114 cm³/mol. The first-order valence-electron chi connectivity index (χ1n) is 9.82. The SMILES string of the molecule is CCN(CC)S(=O)(=O)c1ccc(N2CCN(c3ccc(F)cc3)CC2)c([N+](=O)[O-])c1. The van der Waals surface area contributed by atoms with E-state index in [1.54, 1.807) is 26.0 Å². The number of piperazine rings is 1. The summed E-state index contributed by atoms with van der Waals surface area (Å²) in [5, 5.41) is 11.7. The number of hydrogen-bond donors (Lipinski definition) is 0. The summed E-state index contributed by atoms with van der Waals surface area (Å²) in [5.74, 6) is -0.298. The van der Waals surface area contributed by atoms with Crippen LogP contribution in [0.5, 0.6) is 0 Å². The summed E-state index contributed by atoms with van der Waals surface area (Å²) in [6, 6.07) is 10.3. The molecule has 2 aromatic carbocycles. The van der Waals surface area contributed by atoms with Gasteiger partial charge in [-0.05, 0) is 36.4 Å². The van der Waals surface area contributed by atoms with E-state index < -0.39 is 14.9 Å². The van der Waals surface area contributed by atoms with Crippen molar-refractivity contribution in [3.05, 3.63) is 58.4 Å². The number of nitrogens with zero attached hydrogens (tertiary/aromatic N) is 4. The Morgan fingerprint density at radius 2 is 1.57 bits per heavy atom. The Hall–Kier alpha value is -2.72. The van der Waals surface area contributed by atoms with Crippen LogP contribution in [0.1, 0.15) is 13.8 Å². The summed E-state index contributed by atoms with van der Waals surface area (Å²) in [6.07, 6.45) is 0. The van der Waals surface area contributed by atoms with Crippen LogP contribution in [0.15, 0.2) is 47.4 Å². The van der Waals surface area contributed by atoms with Crippen LogP contribution in [-0.2, 0) is 10.0 Å². The molecule has 0 aliphatic carbocycles. The predicted octanol–water partition coefficient (Wildman–Crippen LogP) is 3.09. The van der Waals surface area contributed by atoms with Gasteiger partial charge < -0.3 is 9.80 Å². The molecule has 1 fully saturated rings. The van der Waals surface area contributed by atoms with Gasteiger partial charge in [0.25, 0.3) is 5.69 Å². The molecule has 0 spiro atoms. The second kappa shape index (κ2) is 8.97. The largest absolute Gasteiger partial charge is 0.368 e. The van der Waals surface area contributed by atoms with Crippen LogP contribution in [-0.4, -0.2) is 56.9 Å². The van der Waals surface area contributed by atoms with E-state index in [1.165, 1.54) is 28.6 Å². The van der Waals surface area contributed by atoms with Crippen LogP contribution >= 0.6 is 0 Å². The highest BCUT2D eigenvalue weighted by molar-refractivity contribution is 7.89. The van der Waals surface area contributed by atoms with Crippen molar-refractivity contribution in [1.29, 1.82) is 0 Å². The topological polar surface area (TPSA) is 87.0 Å². The molecule has 3 rings (SSSR count). The van der Waals surface area contributed by atoms with Gasteiger partial charge in [-0.15, -0.1) is 0 Å². The number of nitro benzene ring substituents is 1. The number of halogens is 1. The maximum absolute atomic E-state index is 13.1. The highest BCUT2D eigenvalue weighted by Gasteiger charge is 2.28. The molecule has 0 saturated carbocycles. The first-order chi connectivity index (χ1) is 14.3. The first kappa shape index (κ1) is 22.0. The molecule has 0 atom stereocenters. The fourth-order valence-corrected chi connectivity index (χ4v) is 5.13. The van der Waals surface area contributed by atoms with Gasteiger partial charge in [-0.25, -0.2) is 12.8 Å². The molecule has 0 amide bonds. The lowest BCUT2D eigenvalue weighted by Gasteiger charge is -2.37. The van der Waals surface area contributed by atoms with E-state index in [2.05, 4.69) is 4.90 Å². The highest BCUT2D eigenvalue weighted by atomic mass is 32.2. The molecule has 2 aromatic rings. The minimum absolute atomic E-state index is 0.0772. The van der Waals surface area contributed by atoms with Gasteiger partial charge in [0.1, 0.15) is 11.5 Å². The minimum atomic E-state index is -3.78. The van der Waals surface area contributed by atoms with E-state index in [1.807, 2.05) is 4.90 Å². The van der Waals surface area contributed by atoms with Crippen LogP contribution in [0.2, 0.25) is 0 Å². The Morgan fingerprint density at radius 3 is 2.10 bits per heavy atom. The first-order valence-corrected chi connectivity index (χ1v) is 11.3. The monoisotopic (exact) mass is 436 g/mol. The van der Waals surface area contributed by atoms with Crippen molar-refractivity contribution in [2.45, 2.75) is 18.7 Å². The Kier molecular flexibility index (Phi) is 6.57. The van der Waals surface area contributed by atoms with Crippen molar-refractivity contribution in [3.8, 4) is 0 Å². The Labute approximate surface area is 175 Å². The molecule has 0 radical (unpaired) electrons. The Morgan fingerprint density at radius 1 is 1.00 bits per heavy atom. The summed E-state index contributed by atoms with van der Waals surface area (Å²) < 4.78 is 39.9. The zero-order valence-corrected chi connectivity index (χ0v) is 17.8. The van der Waals surface area contributed by atoms with Gasteiger partial charge >= 0.3 is 0 Å². The van der Waals surface area contributed by atoms with E-state index >= 15 is 0 Å². The molecular formula is C20H25FN4O4S. The van der Waals surface area contributed by atoms with Crippen molar-refractivity contribution in [1.82, 2.24) is 4.31 Å². The third-order valence-corrected chi connectivity index (χ3v) is 7.34. The van der Waals surface area contributed by atoms with E-state index in [-0.39, 0.29) is 16.4 Å². The van der Waals surface area contributed by atoms with Gasteiger partial charge in [0.05, 0.1) is 9.82 Å². The average molecular weight is 437 g/mol. The van der Waals surface area contributed by atoms with Crippen molar-refractivity contribution < 1.29 is 17.7 Å². The fourth-order valence-electron chi connectivity index (χ4n) is 3.65. The number of nitro groups is 1. The number of anilines is 2. The lowest BCUT2D eigenvalue weighted by molar-refractivity contribution is -0.384. The third-order valence-electron chi connectivity index (χ3n) is 5.30. The quantitative estimate of drug-likeness (QED) is 0.490. The molecule has 1 saturated heterocycles. The van der Waals surface area contributed by atoms with E-state index in [0.29, 0.717) is 45.0 Å². The molecule has 10 heteroatoms. The maximum atomic E-state index is 13.1. The van der Waals surface area contributed by atoms with Crippen molar-refractivity contribution in [2.75, 3.05) is 49.1 Å². The van der Waals surface area contributed by atoms with Gasteiger partial charge in [0.15, 0.2) is 0 Å². The Balaban J connectivity index is 1.83.